The van der Waals surface area contributed by atoms with Gasteiger partial charge in [0.2, 0.25) is 0 Å². The summed E-state index contributed by atoms with van der Waals surface area (Å²) in [7, 11) is 0. The van der Waals surface area contributed by atoms with Gasteiger partial charge in [-0.1, -0.05) is 34.6 Å². The summed E-state index contributed by atoms with van der Waals surface area (Å²) in [4.78, 5) is 0. The normalized spacial score (nSPS) is 54.6. The lowest BCUT2D eigenvalue weighted by atomic mass is 9.47. The lowest BCUT2D eigenvalue weighted by Gasteiger charge is -2.53. The number of hydrogen-bond donors (Lipinski definition) is 2. The topological polar surface area (TPSA) is 91.2 Å². The third kappa shape index (κ3) is 1.67. The molecular formula is C23H34O6. The van der Waals surface area contributed by atoms with Crippen LogP contribution in [0.4, 0.5) is 0 Å². The largest absolute Gasteiger partial charge is 0.466 e. The zero-order chi connectivity index (χ0) is 20.6. The minimum atomic E-state index is -0.643. The molecule has 6 aliphatic rings. The first kappa shape index (κ1) is 18.8. The second-order valence-electron chi connectivity index (χ2n) is 10.1. The van der Waals surface area contributed by atoms with Gasteiger partial charge in [-0.15, -0.1) is 0 Å². The Morgan fingerprint density at radius 1 is 1.21 bits per heavy atom. The Bertz CT molecular complexity index is 885. The predicted octanol–water partition coefficient (Wildman–Crippen LogP) is 2.93. The van der Waals surface area contributed by atoms with Gasteiger partial charge in [0, 0.05) is 6.84 Å². The standard InChI is InChI=1S/C21H26O6.C2H6.H2/c1-9(2)19-15(26-19)16-21(27-16)18(3)5-4-10-11(8-24-13(10)7-22)12(18)6-14-20(21,25-14)17(19)23;1-2;/h8-9,12,14-17,22-23H,4-7H2,1-3H3;1-2H3;1H. The molecule has 9 unspecified atom stereocenters. The van der Waals surface area contributed by atoms with E-state index in [9.17, 15) is 10.2 Å². The van der Waals surface area contributed by atoms with Gasteiger partial charge in [-0.05, 0) is 42.2 Å². The molecule has 0 aromatic carbocycles. The fraction of sp³-hybridized carbons (Fsp3) is 0.826. The molecule has 0 bridgehead atoms. The summed E-state index contributed by atoms with van der Waals surface area (Å²) in [6.45, 7) is 10.5. The number of ether oxygens (including phenoxy) is 3. The van der Waals surface area contributed by atoms with E-state index in [1.165, 1.54) is 5.56 Å². The highest BCUT2D eigenvalue weighted by atomic mass is 16.7. The maximum absolute atomic E-state index is 11.5. The summed E-state index contributed by atoms with van der Waals surface area (Å²) in [5.41, 5.74) is 0.624. The van der Waals surface area contributed by atoms with Gasteiger partial charge in [0.15, 0.2) is 5.60 Å². The van der Waals surface area contributed by atoms with Crippen molar-refractivity contribution in [2.45, 2.75) is 108 Å². The van der Waals surface area contributed by atoms with Crippen LogP contribution in [0.2, 0.25) is 0 Å². The van der Waals surface area contributed by atoms with Crippen molar-refractivity contribution in [1.29, 1.82) is 0 Å². The van der Waals surface area contributed by atoms with Crippen LogP contribution in [-0.4, -0.2) is 51.4 Å². The van der Waals surface area contributed by atoms with E-state index >= 15 is 0 Å². The molecule has 0 amide bonds. The second-order valence-corrected chi connectivity index (χ2v) is 10.1. The Morgan fingerprint density at radius 2 is 1.97 bits per heavy atom. The first-order chi connectivity index (χ1) is 13.9. The van der Waals surface area contributed by atoms with Crippen LogP contribution in [0.5, 0.6) is 0 Å². The molecule has 29 heavy (non-hydrogen) atoms. The summed E-state index contributed by atoms with van der Waals surface area (Å²) in [5.74, 6) is 1.18. The van der Waals surface area contributed by atoms with E-state index in [1.54, 1.807) is 0 Å². The quantitative estimate of drug-likeness (QED) is 0.734. The van der Waals surface area contributed by atoms with Gasteiger partial charge in [0.05, 0.1) is 12.4 Å². The van der Waals surface area contributed by atoms with Gasteiger partial charge in [0.25, 0.3) is 0 Å². The van der Waals surface area contributed by atoms with E-state index in [-0.39, 0.29) is 43.6 Å². The molecule has 5 fully saturated rings. The Labute approximate surface area is 173 Å². The highest BCUT2D eigenvalue weighted by Crippen LogP contribution is 2.83. The molecule has 6 nitrogen and oxygen atoms in total. The smallest absolute Gasteiger partial charge is 0.155 e. The summed E-state index contributed by atoms with van der Waals surface area (Å²) >= 11 is 0. The molecule has 2 spiro atoms. The van der Waals surface area contributed by atoms with Crippen LogP contribution in [0.3, 0.4) is 0 Å². The third-order valence-corrected chi connectivity index (χ3v) is 9.22. The molecule has 2 N–H and O–H groups in total. The summed E-state index contributed by atoms with van der Waals surface area (Å²) in [6.07, 6.45) is 3.83. The van der Waals surface area contributed by atoms with E-state index < -0.39 is 22.9 Å². The maximum atomic E-state index is 11.5. The zero-order valence-electron chi connectivity index (χ0n) is 17.9. The van der Waals surface area contributed by atoms with Gasteiger partial charge in [0.1, 0.15) is 41.9 Å². The van der Waals surface area contributed by atoms with Crippen molar-refractivity contribution in [2.24, 2.45) is 11.3 Å². The Morgan fingerprint density at radius 3 is 2.66 bits per heavy atom. The van der Waals surface area contributed by atoms with Crippen molar-refractivity contribution < 1.29 is 30.3 Å². The number of epoxide rings is 3. The van der Waals surface area contributed by atoms with Crippen LogP contribution in [-0.2, 0) is 27.2 Å². The van der Waals surface area contributed by atoms with Crippen LogP contribution in [0.1, 0.15) is 71.7 Å². The lowest BCUT2D eigenvalue weighted by Crippen LogP contribution is -2.68. The van der Waals surface area contributed by atoms with Gasteiger partial charge in [-0.25, -0.2) is 0 Å². The second kappa shape index (κ2) is 5.28. The van der Waals surface area contributed by atoms with Crippen molar-refractivity contribution in [2.75, 3.05) is 0 Å². The van der Waals surface area contributed by atoms with Gasteiger partial charge in [-0.3, -0.25) is 0 Å². The van der Waals surface area contributed by atoms with Crippen LogP contribution >= 0.6 is 0 Å². The average Bonchev–Trinajstić information content (AvgIpc) is 3.61. The fourth-order valence-electron chi connectivity index (χ4n) is 7.77. The third-order valence-electron chi connectivity index (χ3n) is 9.22. The molecular weight excluding hydrogens is 372 g/mol. The monoisotopic (exact) mass is 406 g/mol. The highest BCUT2D eigenvalue weighted by Gasteiger charge is 3.00. The molecule has 4 heterocycles. The molecule has 3 aliphatic heterocycles. The van der Waals surface area contributed by atoms with Crippen molar-refractivity contribution in [1.82, 2.24) is 0 Å². The highest BCUT2D eigenvalue weighted by molar-refractivity contribution is 5.51. The minimum Gasteiger partial charge on any atom is -0.466 e. The molecule has 3 saturated heterocycles. The fourth-order valence-corrected chi connectivity index (χ4v) is 7.77. The van der Waals surface area contributed by atoms with Crippen molar-refractivity contribution in [3.8, 4) is 0 Å². The molecule has 3 aliphatic carbocycles. The Balaban J connectivity index is 0.000000625. The molecule has 6 heteroatoms. The zero-order valence-corrected chi connectivity index (χ0v) is 17.9. The van der Waals surface area contributed by atoms with E-state index in [2.05, 4.69) is 20.8 Å². The van der Waals surface area contributed by atoms with Crippen LogP contribution in [0, 0.1) is 11.3 Å². The van der Waals surface area contributed by atoms with Crippen LogP contribution < -0.4 is 0 Å². The van der Waals surface area contributed by atoms with Crippen LogP contribution in [0.15, 0.2) is 10.7 Å². The maximum Gasteiger partial charge on any atom is 0.155 e. The molecule has 7 rings (SSSR count). The molecule has 162 valence electrons. The van der Waals surface area contributed by atoms with Gasteiger partial charge in [-0.2, -0.15) is 0 Å². The van der Waals surface area contributed by atoms with E-state index in [1.807, 2.05) is 20.1 Å². The first-order valence-corrected chi connectivity index (χ1v) is 11.3. The van der Waals surface area contributed by atoms with E-state index in [0.717, 1.165) is 24.8 Å². The molecule has 2 saturated carbocycles. The van der Waals surface area contributed by atoms with E-state index in [4.69, 9.17) is 18.6 Å². The SMILES string of the molecule is CC.CC(C)C12OC1C1OC13C1(C)CCc4c(coc4CO)C1CC1OC13C2O.[HH]. The molecule has 1 aromatic heterocycles. The molecule has 0 radical (unpaired) electrons. The number of furan rings is 1. The average molecular weight is 407 g/mol. The number of rotatable bonds is 2. The first-order valence-electron chi connectivity index (χ1n) is 11.3. The minimum absolute atomic E-state index is 0. The summed E-state index contributed by atoms with van der Waals surface area (Å²) < 4.78 is 24.8. The van der Waals surface area contributed by atoms with Crippen molar-refractivity contribution >= 4 is 0 Å². The number of hydrogen-bond acceptors (Lipinski definition) is 6. The Kier molecular flexibility index (Phi) is 3.42. The van der Waals surface area contributed by atoms with Crippen molar-refractivity contribution in [3.63, 3.8) is 0 Å². The number of aliphatic hydroxyl groups excluding tert-OH is 2. The van der Waals surface area contributed by atoms with Crippen molar-refractivity contribution in [3.05, 3.63) is 23.2 Å². The number of fused-ring (bicyclic) bond motifs is 5. The van der Waals surface area contributed by atoms with E-state index in [0.29, 0.717) is 5.76 Å². The van der Waals surface area contributed by atoms with Gasteiger partial charge >= 0.3 is 0 Å². The molecule has 9 atom stereocenters. The number of aliphatic hydroxyl groups is 2. The summed E-state index contributed by atoms with van der Waals surface area (Å²) in [6, 6.07) is 0. The van der Waals surface area contributed by atoms with Crippen LogP contribution in [0.25, 0.3) is 0 Å². The van der Waals surface area contributed by atoms with Gasteiger partial charge < -0.3 is 28.8 Å². The predicted molar refractivity (Wildman–Crippen MR) is 106 cm³/mol. The molecule has 1 aromatic rings. The lowest BCUT2D eigenvalue weighted by molar-refractivity contribution is -0.0920. The Hall–Kier alpha value is -0.920. The summed E-state index contributed by atoms with van der Waals surface area (Å²) in [5, 5.41) is 21.1.